The van der Waals surface area contributed by atoms with Crippen LogP contribution in [0.5, 0.6) is 0 Å². The highest BCUT2D eigenvalue weighted by atomic mass is 32.2. The zero-order valence-corrected chi connectivity index (χ0v) is 23.5. The second-order valence-electron chi connectivity index (χ2n) is 9.66. The fourth-order valence-corrected chi connectivity index (χ4v) is 7.68. The van der Waals surface area contributed by atoms with Gasteiger partial charge in [-0.25, -0.2) is 13.2 Å². The zero-order valence-electron chi connectivity index (χ0n) is 21.9. The van der Waals surface area contributed by atoms with E-state index in [1.54, 1.807) is 14.0 Å². The number of anilines is 1. The van der Waals surface area contributed by atoms with Crippen molar-refractivity contribution in [2.24, 2.45) is 0 Å². The number of hydrogen-bond acceptors (Lipinski definition) is 8. The van der Waals surface area contributed by atoms with Crippen LogP contribution in [0.3, 0.4) is 0 Å². The van der Waals surface area contributed by atoms with Gasteiger partial charge in [0.2, 0.25) is 10.0 Å². The molecule has 0 radical (unpaired) electrons. The number of carbonyl (C=O) groups is 3. The van der Waals surface area contributed by atoms with Crippen molar-refractivity contribution < 1.29 is 27.5 Å². The molecule has 206 valence electrons. The molecule has 0 bridgehead atoms. The average Bonchev–Trinajstić information content (AvgIpc) is 3.25. The number of imide groups is 1. The minimum atomic E-state index is -3.68. The molecule has 1 aromatic carbocycles. The van der Waals surface area contributed by atoms with Gasteiger partial charge in [-0.3, -0.25) is 14.9 Å². The first-order valence-electron chi connectivity index (χ1n) is 12.8. The predicted molar refractivity (Wildman–Crippen MR) is 145 cm³/mol. The summed E-state index contributed by atoms with van der Waals surface area (Å²) in [6, 6.07) is 5.80. The van der Waals surface area contributed by atoms with Crippen LogP contribution in [0.1, 0.15) is 70.2 Å². The molecule has 0 unspecified atom stereocenters. The number of nitrogens with one attached hydrogen (secondary N) is 2. The molecule has 1 aromatic heterocycles. The highest BCUT2D eigenvalue weighted by Gasteiger charge is 2.31. The van der Waals surface area contributed by atoms with Crippen LogP contribution >= 0.6 is 11.3 Å². The van der Waals surface area contributed by atoms with Crippen molar-refractivity contribution in [1.82, 2.24) is 14.5 Å². The maximum atomic E-state index is 13.1. The van der Waals surface area contributed by atoms with Crippen molar-refractivity contribution in [2.45, 2.75) is 62.9 Å². The van der Waals surface area contributed by atoms with E-state index in [1.807, 2.05) is 7.05 Å². The number of ether oxygens (including phenoxy) is 1. The standard InChI is InChI=1S/C26H34N4O6S2/c1-4-36-26(33)28-24(32)22-20-14-15-29(2)16-21(20)37-25(22)27-23(31)17-10-12-19(13-11-17)38(34,35)30(3)18-8-6-5-7-9-18/h10-13,18H,4-9,14-16H2,1-3H3,(H,27,31)(H,28,32,33). The lowest BCUT2D eigenvalue weighted by Gasteiger charge is -2.30. The van der Waals surface area contributed by atoms with E-state index in [2.05, 4.69) is 15.5 Å². The fourth-order valence-electron chi connectivity index (χ4n) is 4.94. The summed E-state index contributed by atoms with van der Waals surface area (Å²) in [4.78, 5) is 41.2. The number of rotatable bonds is 7. The van der Waals surface area contributed by atoms with E-state index in [0.717, 1.165) is 49.1 Å². The summed E-state index contributed by atoms with van der Waals surface area (Å²) in [6.45, 7) is 3.12. The second-order valence-corrected chi connectivity index (χ2v) is 12.8. The maximum Gasteiger partial charge on any atom is 0.414 e. The summed E-state index contributed by atoms with van der Waals surface area (Å²) in [5, 5.41) is 5.37. The molecule has 0 saturated heterocycles. The Labute approximate surface area is 227 Å². The molecule has 0 spiro atoms. The first-order chi connectivity index (χ1) is 18.1. The monoisotopic (exact) mass is 562 g/mol. The Morgan fingerprint density at radius 2 is 1.79 bits per heavy atom. The van der Waals surface area contributed by atoms with Gasteiger partial charge in [-0.15, -0.1) is 11.3 Å². The molecule has 1 fully saturated rings. The molecule has 10 nitrogen and oxygen atoms in total. The normalized spacial score (nSPS) is 16.6. The molecule has 38 heavy (non-hydrogen) atoms. The number of hydrogen-bond donors (Lipinski definition) is 2. The lowest BCUT2D eigenvalue weighted by molar-refractivity contribution is 0.0924. The molecule has 0 atom stereocenters. The third kappa shape index (κ3) is 6.09. The quantitative estimate of drug-likeness (QED) is 0.525. The van der Waals surface area contributed by atoms with Crippen molar-refractivity contribution in [3.63, 3.8) is 0 Å². The summed E-state index contributed by atoms with van der Waals surface area (Å²) >= 11 is 1.30. The number of fused-ring (bicyclic) bond motifs is 1. The number of alkyl carbamates (subject to hydrolysis) is 1. The molecule has 2 N–H and O–H groups in total. The number of amides is 3. The van der Waals surface area contributed by atoms with Crippen LogP contribution in [0.25, 0.3) is 0 Å². The Hall–Kier alpha value is -2.80. The molecular formula is C26H34N4O6S2. The highest BCUT2D eigenvalue weighted by Crippen LogP contribution is 2.37. The van der Waals surface area contributed by atoms with E-state index >= 15 is 0 Å². The number of sulfonamides is 1. The van der Waals surface area contributed by atoms with E-state index < -0.39 is 27.9 Å². The molecule has 2 aliphatic rings. The molecule has 1 aliphatic carbocycles. The number of thiophene rings is 1. The smallest absolute Gasteiger partial charge is 0.414 e. The maximum absolute atomic E-state index is 13.1. The van der Waals surface area contributed by atoms with Crippen LogP contribution in [0, 0.1) is 0 Å². The van der Waals surface area contributed by atoms with Gasteiger partial charge in [0.1, 0.15) is 5.00 Å². The molecule has 2 aromatic rings. The molecule has 2 heterocycles. The predicted octanol–water partition coefficient (Wildman–Crippen LogP) is 3.83. The zero-order chi connectivity index (χ0) is 27.4. The molecule has 4 rings (SSSR count). The van der Waals surface area contributed by atoms with Gasteiger partial charge in [0.15, 0.2) is 0 Å². The molecule has 1 saturated carbocycles. The van der Waals surface area contributed by atoms with E-state index in [9.17, 15) is 22.8 Å². The Morgan fingerprint density at radius 3 is 2.45 bits per heavy atom. The average molecular weight is 563 g/mol. The van der Waals surface area contributed by atoms with Gasteiger partial charge in [0.25, 0.3) is 11.8 Å². The van der Waals surface area contributed by atoms with Crippen LogP contribution < -0.4 is 10.6 Å². The van der Waals surface area contributed by atoms with Crippen LogP contribution in [-0.4, -0.2) is 68.8 Å². The summed E-state index contributed by atoms with van der Waals surface area (Å²) in [5.41, 5.74) is 1.31. The minimum absolute atomic E-state index is 0.0141. The van der Waals surface area contributed by atoms with Gasteiger partial charge in [0.05, 0.1) is 17.1 Å². The van der Waals surface area contributed by atoms with Crippen molar-refractivity contribution in [2.75, 3.05) is 32.6 Å². The molecule has 12 heteroatoms. The van der Waals surface area contributed by atoms with Crippen LogP contribution in [0.15, 0.2) is 29.2 Å². The Bertz CT molecular complexity index is 1300. The third-order valence-corrected chi connectivity index (χ3v) is 10.1. The largest absolute Gasteiger partial charge is 0.450 e. The van der Waals surface area contributed by atoms with Crippen LogP contribution in [0.2, 0.25) is 0 Å². The van der Waals surface area contributed by atoms with Crippen molar-refractivity contribution in [3.8, 4) is 0 Å². The molecular weight excluding hydrogens is 528 g/mol. The Balaban J connectivity index is 1.54. The van der Waals surface area contributed by atoms with E-state index in [0.29, 0.717) is 18.0 Å². The summed E-state index contributed by atoms with van der Waals surface area (Å²) in [5.74, 6) is -1.11. The number of carbonyl (C=O) groups excluding carboxylic acids is 3. The molecule has 3 amide bonds. The van der Waals surface area contributed by atoms with Crippen LogP contribution in [0.4, 0.5) is 9.80 Å². The first kappa shape index (κ1) is 28.2. The number of nitrogens with zero attached hydrogens (tertiary/aromatic N) is 2. The second kappa shape index (κ2) is 11.9. The van der Waals surface area contributed by atoms with Crippen molar-refractivity contribution >= 4 is 44.3 Å². The summed E-state index contributed by atoms with van der Waals surface area (Å²) in [7, 11) is -0.0906. The first-order valence-corrected chi connectivity index (χ1v) is 15.1. The van der Waals surface area contributed by atoms with E-state index in [-0.39, 0.29) is 28.7 Å². The Morgan fingerprint density at radius 1 is 1.11 bits per heavy atom. The van der Waals surface area contributed by atoms with Crippen LogP contribution in [-0.2, 0) is 27.7 Å². The van der Waals surface area contributed by atoms with Gasteiger partial charge in [-0.2, -0.15) is 4.31 Å². The minimum Gasteiger partial charge on any atom is -0.450 e. The lowest BCUT2D eigenvalue weighted by atomic mass is 9.96. The summed E-state index contributed by atoms with van der Waals surface area (Å²) < 4.78 is 32.6. The Kier molecular flexibility index (Phi) is 8.86. The molecule has 1 aliphatic heterocycles. The summed E-state index contributed by atoms with van der Waals surface area (Å²) in [6.07, 6.45) is 4.62. The fraction of sp³-hybridized carbons (Fsp3) is 0.500. The van der Waals surface area contributed by atoms with Gasteiger partial charge in [0, 0.05) is 36.6 Å². The number of benzene rings is 1. The van der Waals surface area contributed by atoms with Crippen molar-refractivity contribution in [3.05, 3.63) is 45.8 Å². The highest BCUT2D eigenvalue weighted by molar-refractivity contribution is 7.89. The van der Waals surface area contributed by atoms with Gasteiger partial charge in [-0.1, -0.05) is 19.3 Å². The van der Waals surface area contributed by atoms with Gasteiger partial charge in [-0.05, 0) is 63.1 Å². The lowest BCUT2D eigenvalue weighted by Crippen LogP contribution is -2.38. The van der Waals surface area contributed by atoms with E-state index in [4.69, 9.17) is 4.74 Å². The van der Waals surface area contributed by atoms with Crippen molar-refractivity contribution in [1.29, 1.82) is 0 Å². The van der Waals surface area contributed by atoms with E-state index in [1.165, 1.54) is 39.9 Å². The third-order valence-electron chi connectivity index (χ3n) is 7.08. The van der Waals surface area contributed by atoms with Gasteiger partial charge >= 0.3 is 6.09 Å². The SMILES string of the molecule is CCOC(=O)NC(=O)c1c(NC(=O)c2ccc(S(=O)(=O)N(C)C3CCCCC3)cc2)sc2c1CCN(C)C2. The topological polar surface area (TPSA) is 125 Å². The van der Waals surface area contributed by atoms with Gasteiger partial charge < -0.3 is 15.0 Å². The number of likely N-dealkylation sites (N-methyl/N-ethyl adjacent to an activating group) is 1.